The third-order valence-corrected chi connectivity index (χ3v) is 4.11. The zero-order valence-electron chi connectivity index (χ0n) is 11.8. The van der Waals surface area contributed by atoms with Gasteiger partial charge in [0.25, 0.3) is 0 Å². The van der Waals surface area contributed by atoms with Gasteiger partial charge in [0.05, 0.1) is 0 Å². The third kappa shape index (κ3) is 3.27. The Morgan fingerprint density at radius 3 is 2.15 bits per heavy atom. The molecule has 0 saturated carbocycles. The first-order chi connectivity index (χ1) is 9.73. The summed E-state index contributed by atoms with van der Waals surface area (Å²) in [6.07, 6.45) is 2.05. The normalized spacial score (nSPS) is 23.1. The van der Waals surface area contributed by atoms with Crippen LogP contribution in [-0.4, -0.2) is 23.5 Å². The van der Waals surface area contributed by atoms with Gasteiger partial charge in [-0.1, -0.05) is 60.7 Å². The van der Waals surface area contributed by atoms with Gasteiger partial charge in [0.2, 0.25) is 0 Å². The molecule has 1 fully saturated rings. The third-order valence-electron chi connectivity index (χ3n) is 4.11. The van der Waals surface area contributed by atoms with E-state index in [1.54, 1.807) is 0 Å². The highest BCUT2D eigenvalue weighted by molar-refractivity contribution is 5.19. The Morgan fingerprint density at radius 2 is 1.50 bits per heavy atom. The average Bonchev–Trinajstić information content (AvgIpc) is 2.82. The fourth-order valence-corrected chi connectivity index (χ4v) is 3.11. The van der Waals surface area contributed by atoms with Crippen molar-refractivity contribution < 1.29 is 0 Å². The van der Waals surface area contributed by atoms with Crippen LogP contribution < -0.4 is 5.73 Å². The summed E-state index contributed by atoms with van der Waals surface area (Å²) in [7, 11) is 0. The molecule has 0 aliphatic carbocycles. The number of hydrogen-bond acceptors (Lipinski definition) is 2. The van der Waals surface area contributed by atoms with Crippen LogP contribution in [-0.2, 0) is 13.0 Å². The highest BCUT2D eigenvalue weighted by Crippen LogP contribution is 2.24. The van der Waals surface area contributed by atoms with Crippen molar-refractivity contribution >= 4 is 0 Å². The van der Waals surface area contributed by atoms with Crippen LogP contribution >= 0.6 is 0 Å². The predicted octanol–water partition coefficient (Wildman–Crippen LogP) is 2.83. The molecule has 1 unspecified atom stereocenters. The van der Waals surface area contributed by atoms with E-state index in [2.05, 4.69) is 65.6 Å². The molecular formula is C18H22N2. The Hall–Kier alpha value is -1.64. The zero-order chi connectivity index (χ0) is 13.8. The van der Waals surface area contributed by atoms with Crippen molar-refractivity contribution in [1.82, 2.24) is 4.90 Å². The highest BCUT2D eigenvalue weighted by atomic mass is 15.2. The molecule has 3 rings (SSSR count). The Bertz CT molecular complexity index is 538. The summed E-state index contributed by atoms with van der Waals surface area (Å²) in [5, 5.41) is 0. The minimum atomic E-state index is -0.0733. The van der Waals surface area contributed by atoms with Crippen molar-refractivity contribution in [2.45, 2.75) is 24.9 Å². The van der Waals surface area contributed by atoms with Crippen LogP contribution in [0, 0.1) is 0 Å². The first-order valence-corrected chi connectivity index (χ1v) is 7.33. The predicted molar refractivity (Wildman–Crippen MR) is 83.4 cm³/mol. The van der Waals surface area contributed by atoms with E-state index in [4.69, 9.17) is 5.73 Å². The SMILES string of the molecule is NC1(Cc2ccccc2)CCN(Cc2ccccc2)C1. The van der Waals surface area contributed by atoms with Crippen LogP contribution in [0.4, 0.5) is 0 Å². The van der Waals surface area contributed by atoms with Gasteiger partial charge in [-0.25, -0.2) is 0 Å². The quantitative estimate of drug-likeness (QED) is 0.922. The van der Waals surface area contributed by atoms with Gasteiger partial charge in [0, 0.05) is 25.2 Å². The lowest BCUT2D eigenvalue weighted by atomic mass is 9.91. The number of rotatable bonds is 4. The molecule has 0 amide bonds. The summed E-state index contributed by atoms with van der Waals surface area (Å²) in [5.74, 6) is 0. The fraction of sp³-hybridized carbons (Fsp3) is 0.333. The van der Waals surface area contributed by atoms with E-state index in [1.165, 1.54) is 11.1 Å². The summed E-state index contributed by atoms with van der Waals surface area (Å²) in [5.41, 5.74) is 9.24. The molecule has 1 saturated heterocycles. The topological polar surface area (TPSA) is 29.3 Å². The lowest BCUT2D eigenvalue weighted by Crippen LogP contribution is -2.44. The molecule has 2 N–H and O–H groups in total. The molecule has 104 valence electrons. The molecule has 1 aliphatic heterocycles. The van der Waals surface area contributed by atoms with E-state index in [9.17, 15) is 0 Å². The van der Waals surface area contributed by atoms with Crippen LogP contribution in [0.3, 0.4) is 0 Å². The molecule has 0 spiro atoms. The summed E-state index contributed by atoms with van der Waals surface area (Å²) in [6, 6.07) is 21.2. The van der Waals surface area contributed by atoms with E-state index in [-0.39, 0.29) is 5.54 Å². The van der Waals surface area contributed by atoms with Gasteiger partial charge >= 0.3 is 0 Å². The number of nitrogens with two attached hydrogens (primary N) is 1. The van der Waals surface area contributed by atoms with Gasteiger partial charge in [-0.05, 0) is 24.0 Å². The Morgan fingerprint density at radius 1 is 0.900 bits per heavy atom. The average molecular weight is 266 g/mol. The van der Waals surface area contributed by atoms with Gasteiger partial charge in [0.15, 0.2) is 0 Å². The van der Waals surface area contributed by atoms with Crippen LogP contribution in [0.25, 0.3) is 0 Å². The number of benzene rings is 2. The molecule has 2 heteroatoms. The van der Waals surface area contributed by atoms with E-state index in [0.717, 1.165) is 32.5 Å². The molecule has 2 aromatic rings. The Kier molecular flexibility index (Phi) is 3.86. The largest absolute Gasteiger partial charge is 0.324 e. The molecule has 2 nitrogen and oxygen atoms in total. The maximum absolute atomic E-state index is 6.59. The second kappa shape index (κ2) is 5.78. The second-order valence-electron chi connectivity index (χ2n) is 5.97. The fourth-order valence-electron chi connectivity index (χ4n) is 3.11. The van der Waals surface area contributed by atoms with Crippen molar-refractivity contribution in [3.05, 3.63) is 71.8 Å². The number of nitrogens with zero attached hydrogens (tertiary/aromatic N) is 1. The zero-order valence-corrected chi connectivity index (χ0v) is 11.8. The summed E-state index contributed by atoms with van der Waals surface area (Å²) in [4.78, 5) is 2.47. The minimum Gasteiger partial charge on any atom is -0.324 e. The first kappa shape index (κ1) is 13.3. The van der Waals surface area contributed by atoms with Crippen molar-refractivity contribution in [1.29, 1.82) is 0 Å². The van der Waals surface area contributed by atoms with Gasteiger partial charge in [0.1, 0.15) is 0 Å². The van der Waals surface area contributed by atoms with Crippen molar-refractivity contribution in [3.8, 4) is 0 Å². The maximum atomic E-state index is 6.59. The lowest BCUT2D eigenvalue weighted by Gasteiger charge is -2.25. The summed E-state index contributed by atoms with van der Waals surface area (Å²) >= 11 is 0. The standard InChI is InChI=1S/C18H22N2/c19-18(13-16-7-3-1-4-8-16)11-12-20(15-18)14-17-9-5-2-6-10-17/h1-10H,11-15,19H2. The minimum absolute atomic E-state index is 0.0733. The molecule has 0 radical (unpaired) electrons. The van der Waals surface area contributed by atoms with E-state index >= 15 is 0 Å². The summed E-state index contributed by atoms with van der Waals surface area (Å²) in [6.45, 7) is 3.09. The number of likely N-dealkylation sites (tertiary alicyclic amines) is 1. The van der Waals surface area contributed by atoms with Crippen LogP contribution in [0.1, 0.15) is 17.5 Å². The molecule has 1 heterocycles. The molecular weight excluding hydrogens is 244 g/mol. The highest BCUT2D eigenvalue weighted by Gasteiger charge is 2.34. The van der Waals surface area contributed by atoms with Gasteiger partial charge in [-0.2, -0.15) is 0 Å². The Balaban J connectivity index is 1.61. The van der Waals surface area contributed by atoms with Gasteiger partial charge < -0.3 is 5.73 Å². The van der Waals surface area contributed by atoms with Crippen LogP contribution in [0.15, 0.2) is 60.7 Å². The molecule has 1 atom stereocenters. The summed E-state index contributed by atoms with van der Waals surface area (Å²) < 4.78 is 0. The lowest BCUT2D eigenvalue weighted by molar-refractivity contribution is 0.302. The monoisotopic (exact) mass is 266 g/mol. The second-order valence-corrected chi connectivity index (χ2v) is 5.97. The van der Waals surface area contributed by atoms with Gasteiger partial charge in [-0.15, -0.1) is 0 Å². The van der Waals surface area contributed by atoms with E-state index in [1.807, 2.05) is 0 Å². The molecule has 0 bridgehead atoms. The van der Waals surface area contributed by atoms with Crippen LogP contribution in [0.5, 0.6) is 0 Å². The van der Waals surface area contributed by atoms with E-state index < -0.39 is 0 Å². The van der Waals surface area contributed by atoms with Crippen LogP contribution in [0.2, 0.25) is 0 Å². The molecule has 2 aromatic carbocycles. The Labute approximate surface area is 121 Å². The smallest absolute Gasteiger partial charge is 0.0336 e. The van der Waals surface area contributed by atoms with Crippen molar-refractivity contribution in [2.75, 3.05) is 13.1 Å². The van der Waals surface area contributed by atoms with Gasteiger partial charge in [-0.3, -0.25) is 4.90 Å². The maximum Gasteiger partial charge on any atom is 0.0336 e. The van der Waals surface area contributed by atoms with Crippen molar-refractivity contribution in [3.63, 3.8) is 0 Å². The molecule has 0 aromatic heterocycles. The first-order valence-electron chi connectivity index (χ1n) is 7.33. The molecule has 1 aliphatic rings. The van der Waals surface area contributed by atoms with Crippen molar-refractivity contribution in [2.24, 2.45) is 5.73 Å². The molecule has 20 heavy (non-hydrogen) atoms. The number of hydrogen-bond donors (Lipinski definition) is 1. The van der Waals surface area contributed by atoms with E-state index in [0.29, 0.717) is 0 Å².